The Balaban J connectivity index is 1.54. The summed E-state index contributed by atoms with van der Waals surface area (Å²) in [7, 11) is 0. The average Bonchev–Trinajstić information content (AvgIpc) is 2.68. The van der Waals surface area contributed by atoms with E-state index in [4.69, 9.17) is 23.7 Å². The van der Waals surface area contributed by atoms with Crippen molar-refractivity contribution in [3.63, 3.8) is 0 Å². The molecule has 12 atom stereocenters. The molecule has 0 radical (unpaired) electrons. The first-order chi connectivity index (χ1) is 13.2. The van der Waals surface area contributed by atoms with Crippen LogP contribution in [-0.4, -0.2) is 134 Å². The minimum Gasteiger partial charge on any atom is -0.388 e. The number of aliphatic hydroxyl groups is 8. The Hall–Kier alpha value is -0.520. The number of rotatable bonds is 4. The van der Waals surface area contributed by atoms with Gasteiger partial charge >= 0.3 is 0 Å². The average molecular weight is 414 g/mol. The van der Waals surface area contributed by atoms with Crippen LogP contribution in [0.3, 0.4) is 0 Å². The summed E-state index contributed by atoms with van der Waals surface area (Å²) in [5.41, 5.74) is 0. The summed E-state index contributed by atoms with van der Waals surface area (Å²) in [6.45, 7) is -0.931. The second kappa shape index (κ2) is 9.09. The fourth-order valence-electron chi connectivity index (χ4n) is 3.11. The molecule has 0 unspecified atom stereocenters. The molecule has 3 aliphatic rings. The van der Waals surface area contributed by atoms with Gasteiger partial charge in [-0.05, 0) is 0 Å². The van der Waals surface area contributed by atoms with Gasteiger partial charge in [0.15, 0.2) is 18.9 Å². The van der Waals surface area contributed by atoms with Gasteiger partial charge in [-0.2, -0.15) is 0 Å². The van der Waals surface area contributed by atoms with Gasteiger partial charge in [-0.3, -0.25) is 0 Å². The van der Waals surface area contributed by atoms with Crippen molar-refractivity contribution < 1.29 is 64.5 Å². The molecule has 0 aliphatic carbocycles. The Labute approximate surface area is 159 Å². The summed E-state index contributed by atoms with van der Waals surface area (Å²) >= 11 is 0. The molecule has 3 saturated heterocycles. The van der Waals surface area contributed by atoms with Gasteiger partial charge in [0, 0.05) is 0 Å². The van der Waals surface area contributed by atoms with Crippen LogP contribution in [0, 0.1) is 0 Å². The molecular formula is C15H26O13. The zero-order valence-corrected chi connectivity index (χ0v) is 14.7. The van der Waals surface area contributed by atoms with Crippen LogP contribution in [0.15, 0.2) is 0 Å². The van der Waals surface area contributed by atoms with Gasteiger partial charge in [-0.15, -0.1) is 0 Å². The Morgan fingerprint density at radius 1 is 0.464 bits per heavy atom. The highest BCUT2D eigenvalue weighted by Gasteiger charge is 2.47. The summed E-state index contributed by atoms with van der Waals surface area (Å²) in [6, 6.07) is 0. The molecule has 13 heteroatoms. The second-order valence-corrected chi connectivity index (χ2v) is 6.99. The highest BCUT2D eigenvalue weighted by atomic mass is 16.8. The SMILES string of the molecule is O[C@@H]1[C@@H](O)[C@H](O[C@@H]2OC[C@@H](O[C@@H]3OC[C@@H](O)[C@H](O)[C@H]3O)[C@H](O)[C@H]2O)OC[C@H]1O. The molecule has 3 aliphatic heterocycles. The van der Waals surface area contributed by atoms with Gasteiger partial charge in [-0.1, -0.05) is 0 Å². The molecule has 0 aromatic carbocycles. The van der Waals surface area contributed by atoms with Gasteiger partial charge in [0.1, 0.15) is 54.9 Å². The normalized spacial score (nSPS) is 53.1. The van der Waals surface area contributed by atoms with E-state index in [0.29, 0.717) is 0 Å². The molecule has 0 spiro atoms. The molecule has 8 N–H and O–H groups in total. The third-order valence-electron chi connectivity index (χ3n) is 4.92. The second-order valence-electron chi connectivity index (χ2n) is 6.99. The van der Waals surface area contributed by atoms with E-state index in [1.165, 1.54) is 0 Å². The van der Waals surface area contributed by atoms with Crippen LogP contribution in [0.2, 0.25) is 0 Å². The number of aliphatic hydroxyl groups excluding tert-OH is 8. The van der Waals surface area contributed by atoms with E-state index < -0.39 is 73.8 Å². The van der Waals surface area contributed by atoms with Crippen LogP contribution < -0.4 is 0 Å². The molecule has 28 heavy (non-hydrogen) atoms. The van der Waals surface area contributed by atoms with Gasteiger partial charge in [0.2, 0.25) is 0 Å². The predicted octanol–water partition coefficient (Wildman–Crippen LogP) is -5.66. The molecule has 0 aromatic rings. The maximum atomic E-state index is 10.3. The van der Waals surface area contributed by atoms with E-state index >= 15 is 0 Å². The third-order valence-corrected chi connectivity index (χ3v) is 4.92. The number of hydrogen-bond acceptors (Lipinski definition) is 13. The molecule has 0 aromatic heterocycles. The fraction of sp³-hybridized carbons (Fsp3) is 1.00. The van der Waals surface area contributed by atoms with E-state index in [9.17, 15) is 40.9 Å². The zero-order chi connectivity index (χ0) is 20.6. The molecule has 0 amide bonds. The standard InChI is InChI=1S/C15H26O13/c16-4-1-24-13(10(21)7(4)18)27-6-3-26-15(12(23)9(6)20)28-14-11(22)8(19)5(17)2-25-14/h4-23H,1-3H2/t4-,5-,6-,7+,8+,9+,10-,11-,12-,13+,14+,15+/m1/s1. The first-order valence-electron chi connectivity index (χ1n) is 8.81. The van der Waals surface area contributed by atoms with E-state index in [1.54, 1.807) is 0 Å². The molecule has 3 heterocycles. The lowest BCUT2D eigenvalue weighted by Crippen LogP contribution is -2.61. The lowest BCUT2D eigenvalue weighted by molar-refractivity contribution is -0.365. The Morgan fingerprint density at radius 3 is 1.36 bits per heavy atom. The van der Waals surface area contributed by atoms with Crippen molar-refractivity contribution in [2.45, 2.75) is 73.8 Å². The Morgan fingerprint density at radius 2 is 0.857 bits per heavy atom. The van der Waals surface area contributed by atoms with Crippen LogP contribution in [0.25, 0.3) is 0 Å². The molecule has 0 saturated carbocycles. The van der Waals surface area contributed by atoms with Gasteiger partial charge in [0.25, 0.3) is 0 Å². The van der Waals surface area contributed by atoms with E-state index in [0.717, 1.165) is 0 Å². The van der Waals surface area contributed by atoms with Gasteiger partial charge in [-0.25, -0.2) is 0 Å². The minimum absolute atomic E-state index is 0.300. The van der Waals surface area contributed by atoms with Crippen LogP contribution in [-0.2, 0) is 23.7 Å². The van der Waals surface area contributed by atoms with Crippen molar-refractivity contribution in [3.05, 3.63) is 0 Å². The predicted molar refractivity (Wildman–Crippen MR) is 83.2 cm³/mol. The number of ether oxygens (including phenoxy) is 5. The van der Waals surface area contributed by atoms with Crippen molar-refractivity contribution in [1.29, 1.82) is 0 Å². The summed E-state index contributed by atoms with van der Waals surface area (Å²) in [6.07, 6.45) is -17.4. The smallest absolute Gasteiger partial charge is 0.189 e. The fourth-order valence-corrected chi connectivity index (χ4v) is 3.11. The zero-order valence-electron chi connectivity index (χ0n) is 14.7. The molecule has 164 valence electrons. The van der Waals surface area contributed by atoms with Crippen molar-refractivity contribution in [1.82, 2.24) is 0 Å². The summed E-state index contributed by atoms with van der Waals surface area (Å²) in [5.74, 6) is 0. The first kappa shape index (κ1) is 22.2. The molecule has 3 rings (SSSR count). The van der Waals surface area contributed by atoms with Crippen LogP contribution in [0.4, 0.5) is 0 Å². The third kappa shape index (κ3) is 4.46. The summed E-state index contributed by atoms with van der Waals surface area (Å²) < 4.78 is 26.0. The first-order valence-corrected chi connectivity index (χ1v) is 8.81. The van der Waals surface area contributed by atoms with Crippen LogP contribution in [0.1, 0.15) is 0 Å². The van der Waals surface area contributed by atoms with Crippen LogP contribution in [0.5, 0.6) is 0 Å². The largest absolute Gasteiger partial charge is 0.388 e. The van der Waals surface area contributed by atoms with E-state index in [2.05, 4.69) is 0 Å². The lowest BCUT2D eigenvalue weighted by Gasteiger charge is -2.43. The molecule has 0 bridgehead atoms. The van der Waals surface area contributed by atoms with Gasteiger partial charge < -0.3 is 64.5 Å². The van der Waals surface area contributed by atoms with Crippen molar-refractivity contribution >= 4 is 0 Å². The Kier molecular flexibility index (Phi) is 7.20. The van der Waals surface area contributed by atoms with E-state index in [-0.39, 0.29) is 19.8 Å². The van der Waals surface area contributed by atoms with E-state index in [1.807, 2.05) is 0 Å². The number of hydrogen-bond donors (Lipinski definition) is 8. The molecule has 3 fully saturated rings. The van der Waals surface area contributed by atoms with Crippen molar-refractivity contribution in [3.8, 4) is 0 Å². The van der Waals surface area contributed by atoms with Crippen molar-refractivity contribution in [2.24, 2.45) is 0 Å². The molecular weight excluding hydrogens is 388 g/mol. The van der Waals surface area contributed by atoms with Crippen molar-refractivity contribution in [2.75, 3.05) is 19.8 Å². The maximum Gasteiger partial charge on any atom is 0.189 e. The highest BCUT2D eigenvalue weighted by Crippen LogP contribution is 2.26. The summed E-state index contributed by atoms with van der Waals surface area (Å²) in [5, 5.41) is 78.3. The summed E-state index contributed by atoms with van der Waals surface area (Å²) in [4.78, 5) is 0. The highest BCUT2D eigenvalue weighted by molar-refractivity contribution is 4.89. The van der Waals surface area contributed by atoms with Gasteiger partial charge in [0.05, 0.1) is 19.8 Å². The Bertz CT molecular complexity index is 464. The molecule has 13 nitrogen and oxygen atoms in total. The monoisotopic (exact) mass is 414 g/mol. The quantitative estimate of drug-likeness (QED) is 0.216. The maximum absolute atomic E-state index is 10.3. The lowest BCUT2D eigenvalue weighted by atomic mass is 10.0. The minimum atomic E-state index is -1.66. The topological polar surface area (TPSA) is 208 Å². The van der Waals surface area contributed by atoms with Crippen LogP contribution >= 0.6 is 0 Å².